The van der Waals surface area contributed by atoms with Crippen molar-refractivity contribution in [2.75, 3.05) is 18.7 Å². The number of benzene rings is 3. The molecule has 5 rings (SSSR count). The van der Waals surface area contributed by atoms with E-state index < -0.39 is 21.1 Å². The first-order chi connectivity index (χ1) is 21.8. The van der Waals surface area contributed by atoms with Gasteiger partial charge in [0.1, 0.15) is 36.0 Å². The molecule has 2 heterocycles. The van der Waals surface area contributed by atoms with Crippen LogP contribution in [-0.4, -0.2) is 39.2 Å². The van der Waals surface area contributed by atoms with Gasteiger partial charge in [-0.05, 0) is 67.4 Å². The SMILES string of the molecule is CCCN(Cc1ccc(-c2ccc3ncnc(Nc4ccc(OCc5cccc(C)c5)c(Cl)c4)c3c2)o1)C(=O)OCO[PH](=O)O. The van der Waals surface area contributed by atoms with E-state index in [0.29, 0.717) is 47.7 Å². The lowest BCUT2D eigenvalue weighted by Crippen LogP contribution is -2.32. The lowest BCUT2D eigenvalue weighted by Gasteiger charge is -2.20. The quantitative estimate of drug-likeness (QED) is 0.0956. The van der Waals surface area contributed by atoms with Crippen molar-refractivity contribution >= 4 is 48.4 Å². The Morgan fingerprint density at radius 2 is 1.96 bits per heavy atom. The highest BCUT2D eigenvalue weighted by atomic mass is 35.5. The topological polar surface area (TPSA) is 136 Å². The summed E-state index contributed by atoms with van der Waals surface area (Å²) in [4.78, 5) is 31.5. The number of ether oxygens (including phenoxy) is 2. The summed E-state index contributed by atoms with van der Waals surface area (Å²) in [5, 5.41) is 4.57. The van der Waals surface area contributed by atoms with Crippen LogP contribution in [0.1, 0.15) is 30.2 Å². The Labute approximate surface area is 265 Å². The molecule has 0 saturated heterocycles. The summed E-state index contributed by atoms with van der Waals surface area (Å²) in [6, 6.07) is 22.9. The van der Waals surface area contributed by atoms with Gasteiger partial charge in [0.15, 0.2) is 0 Å². The third-order valence-corrected chi connectivity index (χ3v) is 7.38. The fraction of sp³-hybridized carbons (Fsp3) is 0.219. The summed E-state index contributed by atoms with van der Waals surface area (Å²) < 4.78 is 32.1. The number of furan rings is 1. The maximum atomic E-state index is 12.4. The molecule has 0 bridgehead atoms. The van der Waals surface area contributed by atoms with Crippen molar-refractivity contribution in [2.45, 2.75) is 33.4 Å². The number of nitrogens with one attached hydrogen (secondary N) is 1. The lowest BCUT2D eigenvalue weighted by molar-refractivity contribution is 0.0312. The van der Waals surface area contributed by atoms with Crippen LogP contribution in [0, 0.1) is 6.92 Å². The number of rotatable bonds is 13. The zero-order valence-corrected chi connectivity index (χ0v) is 26.4. The van der Waals surface area contributed by atoms with Gasteiger partial charge in [0.05, 0.1) is 17.1 Å². The second-order valence-electron chi connectivity index (χ2n) is 10.1. The first-order valence-electron chi connectivity index (χ1n) is 14.1. The van der Waals surface area contributed by atoms with Crippen LogP contribution < -0.4 is 10.1 Å². The van der Waals surface area contributed by atoms with Gasteiger partial charge >= 0.3 is 14.3 Å². The van der Waals surface area contributed by atoms with Gasteiger partial charge in [-0.2, -0.15) is 0 Å². The number of hydrogen-bond acceptors (Lipinski definition) is 9. The fourth-order valence-electron chi connectivity index (χ4n) is 4.64. The Morgan fingerprint density at radius 3 is 2.73 bits per heavy atom. The number of carbonyl (C=O) groups is 1. The van der Waals surface area contributed by atoms with E-state index in [4.69, 9.17) is 30.4 Å². The largest absolute Gasteiger partial charge is 0.487 e. The highest BCUT2D eigenvalue weighted by Crippen LogP contribution is 2.33. The summed E-state index contributed by atoms with van der Waals surface area (Å²) in [7, 11) is -3.19. The van der Waals surface area contributed by atoms with Gasteiger partial charge in [0.25, 0.3) is 0 Å². The summed E-state index contributed by atoms with van der Waals surface area (Å²) in [6.45, 7) is 4.31. The zero-order chi connectivity index (χ0) is 31.8. The maximum Gasteiger partial charge on any atom is 0.412 e. The first kappa shape index (κ1) is 32.0. The molecule has 11 nitrogen and oxygen atoms in total. The predicted molar refractivity (Wildman–Crippen MR) is 172 cm³/mol. The average Bonchev–Trinajstić information content (AvgIpc) is 3.49. The number of nitrogens with zero attached hydrogens (tertiary/aromatic N) is 3. The molecule has 2 N–H and O–H groups in total. The molecule has 0 saturated carbocycles. The van der Waals surface area contributed by atoms with Gasteiger partial charge in [-0.15, -0.1) is 0 Å². The van der Waals surface area contributed by atoms with Crippen molar-refractivity contribution in [3.63, 3.8) is 0 Å². The van der Waals surface area contributed by atoms with Crippen LogP contribution in [0.4, 0.5) is 16.3 Å². The number of halogens is 1. The molecular weight excluding hydrogens is 619 g/mol. The molecule has 0 spiro atoms. The molecule has 1 amide bonds. The van der Waals surface area contributed by atoms with Crippen LogP contribution in [0.5, 0.6) is 5.75 Å². The summed E-state index contributed by atoms with van der Waals surface area (Å²) >= 11 is 6.56. The Morgan fingerprint density at radius 1 is 1.09 bits per heavy atom. The zero-order valence-electron chi connectivity index (χ0n) is 24.7. The van der Waals surface area contributed by atoms with Gasteiger partial charge in [0.2, 0.25) is 6.79 Å². The normalized spacial score (nSPS) is 11.7. The number of carbonyl (C=O) groups excluding carboxylic acids is 1. The Hall–Kier alpha value is -4.41. The van der Waals surface area contributed by atoms with Gasteiger partial charge in [-0.1, -0.05) is 48.4 Å². The highest BCUT2D eigenvalue weighted by molar-refractivity contribution is 7.32. The van der Waals surface area contributed by atoms with Crippen molar-refractivity contribution < 1.29 is 32.7 Å². The minimum absolute atomic E-state index is 0.149. The molecular formula is C32H32ClN4O7P. The molecule has 1 unspecified atom stereocenters. The van der Waals surface area contributed by atoms with Crippen LogP contribution >= 0.6 is 19.9 Å². The number of amides is 1. The first-order valence-corrected chi connectivity index (χ1v) is 15.8. The number of aromatic nitrogens is 2. The molecule has 0 radical (unpaired) electrons. The Balaban J connectivity index is 1.29. The van der Waals surface area contributed by atoms with E-state index >= 15 is 0 Å². The molecule has 2 aromatic heterocycles. The maximum absolute atomic E-state index is 12.4. The molecule has 45 heavy (non-hydrogen) atoms. The molecule has 234 valence electrons. The van der Waals surface area contributed by atoms with Crippen LogP contribution in [0.2, 0.25) is 5.02 Å². The molecule has 0 aliphatic carbocycles. The van der Waals surface area contributed by atoms with Gasteiger partial charge in [-0.3, -0.25) is 9.09 Å². The van der Waals surface area contributed by atoms with Crippen LogP contribution in [0.3, 0.4) is 0 Å². The predicted octanol–water partition coefficient (Wildman–Crippen LogP) is 7.88. The van der Waals surface area contributed by atoms with Gasteiger partial charge in [-0.25, -0.2) is 14.8 Å². The standard InChI is InChI=1S/C32H32ClN4O7P/c1-3-13-37(32(38)42-20-43-45(39)40)17-25-9-12-29(44-25)23-7-10-28-26(15-23)31(35-19-34-28)36-24-8-11-30(27(33)16-24)41-18-22-6-4-5-21(2)14-22/h4-12,14-16,19,45H,3,13,17-18,20H2,1-2H3,(H,39,40)(H,34,35,36). The smallest absolute Gasteiger partial charge is 0.412 e. The molecule has 1 atom stereocenters. The molecule has 0 fully saturated rings. The minimum atomic E-state index is -3.19. The second kappa shape index (κ2) is 15.0. The van der Waals surface area contributed by atoms with E-state index in [9.17, 15) is 9.36 Å². The third kappa shape index (κ3) is 8.61. The van der Waals surface area contributed by atoms with Crippen molar-refractivity contribution in [2.24, 2.45) is 0 Å². The van der Waals surface area contributed by atoms with E-state index in [0.717, 1.165) is 27.7 Å². The number of fused-ring (bicyclic) bond motifs is 1. The fourth-order valence-corrected chi connectivity index (χ4v) is 5.03. The highest BCUT2D eigenvalue weighted by Gasteiger charge is 2.18. The van der Waals surface area contributed by atoms with E-state index in [2.05, 4.69) is 25.9 Å². The van der Waals surface area contributed by atoms with Crippen LogP contribution in [0.15, 0.2) is 83.5 Å². The molecule has 5 aromatic rings. The van der Waals surface area contributed by atoms with Crippen molar-refractivity contribution in [1.29, 1.82) is 0 Å². The monoisotopic (exact) mass is 650 g/mol. The Bertz CT molecular complexity index is 1820. The van der Waals surface area contributed by atoms with E-state index in [-0.39, 0.29) is 6.54 Å². The number of hydrogen-bond donors (Lipinski definition) is 2. The van der Waals surface area contributed by atoms with Crippen molar-refractivity contribution in [3.8, 4) is 17.1 Å². The minimum Gasteiger partial charge on any atom is -0.487 e. The summed E-state index contributed by atoms with van der Waals surface area (Å²) in [5.41, 5.74) is 4.48. The van der Waals surface area contributed by atoms with Crippen molar-refractivity contribution in [1.82, 2.24) is 14.9 Å². The summed E-state index contributed by atoms with van der Waals surface area (Å²) in [6.07, 6.45) is 1.49. The number of aryl methyl sites for hydroxylation is 1. The van der Waals surface area contributed by atoms with E-state index in [1.54, 1.807) is 12.1 Å². The Kier molecular flexibility index (Phi) is 10.7. The van der Waals surface area contributed by atoms with Crippen molar-refractivity contribution in [3.05, 3.63) is 101 Å². The molecule has 13 heteroatoms. The molecule has 3 aromatic carbocycles. The van der Waals surface area contributed by atoms with Gasteiger partial charge < -0.3 is 29.0 Å². The lowest BCUT2D eigenvalue weighted by atomic mass is 10.1. The van der Waals surface area contributed by atoms with Crippen LogP contribution in [0.25, 0.3) is 22.2 Å². The van der Waals surface area contributed by atoms with E-state index in [1.807, 2.05) is 68.4 Å². The second-order valence-corrected chi connectivity index (χ2v) is 11.4. The molecule has 0 aliphatic heterocycles. The average molecular weight is 651 g/mol. The third-order valence-electron chi connectivity index (χ3n) is 6.72. The van der Waals surface area contributed by atoms with E-state index in [1.165, 1.54) is 16.8 Å². The molecule has 0 aliphatic rings. The van der Waals surface area contributed by atoms with Gasteiger partial charge in [0, 0.05) is 23.2 Å². The van der Waals surface area contributed by atoms with Crippen LogP contribution in [-0.2, 0) is 27.0 Å². The number of anilines is 2. The summed E-state index contributed by atoms with van der Waals surface area (Å²) in [5.74, 6) is 2.29.